The summed E-state index contributed by atoms with van der Waals surface area (Å²) in [5, 5.41) is 7.60. The van der Waals surface area contributed by atoms with E-state index in [9.17, 15) is 0 Å². The van der Waals surface area contributed by atoms with Crippen molar-refractivity contribution in [3.8, 4) is 0 Å². The summed E-state index contributed by atoms with van der Waals surface area (Å²) in [6, 6.07) is 12.4. The molecule has 0 aromatic carbocycles. The van der Waals surface area contributed by atoms with E-state index in [0.717, 1.165) is 79.8 Å². The van der Waals surface area contributed by atoms with Crippen LogP contribution in [-0.4, -0.2) is 60.0 Å². The molecule has 8 aliphatic rings. The minimum atomic E-state index is 0.975. The Morgan fingerprint density at radius 3 is 1.43 bits per heavy atom. The summed E-state index contributed by atoms with van der Waals surface area (Å²) in [6.45, 7) is 17.0. The molecule has 8 aromatic heterocycles. The number of aromatic nitrogens is 12. The zero-order chi connectivity index (χ0) is 55.8. The molecule has 0 saturated carbocycles. The maximum Gasteiger partial charge on any atom is 0.116 e. The normalized spacial score (nSPS) is 14.7. The topological polar surface area (TPSA) is 155 Å². The highest BCUT2D eigenvalue weighted by Gasteiger charge is 2.14. The molecule has 0 saturated heterocycles. The first-order valence-corrected chi connectivity index (χ1v) is 27.2. The van der Waals surface area contributed by atoms with E-state index in [1.54, 1.807) is 25.0 Å². The molecule has 16 rings (SSSR count). The second-order valence-corrected chi connectivity index (χ2v) is 21.3. The average molecular weight is 1050 g/mol. The van der Waals surface area contributed by atoms with Crippen LogP contribution in [-0.2, 0) is 51.4 Å². The van der Waals surface area contributed by atoms with E-state index in [0.29, 0.717) is 0 Å². The van der Waals surface area contributed by atoms with Crippen LogP contribution < -0.4 is 0 Å². The molecule has 80 heavy (non-hydrogen) atoms. The Morgan fingerprint density at radius 2 is 0.725 bits per heavy atom. The summed E-state index contributed by atoms with van der Waals surface area (Å²) in [5.41, 5.74) is 31.0. The van der Waals surface area contributed by atoms with Gasteiger partial charge >= 0.3 is 0 Å². The van der Waals surface area contributed by atoms with Gasteiger partial charge in [0.15, 0.2) is 0 Å². The third-order valence-electron chi connectivity index (χ3n) is 13.9. The lowest BCUT2D eigenvalue weighted by Crippen LogP contribution is -1.89. The van der Waals surface area contributed by atoms with Gasteiger partial charge in [-0.3, -0.25) is 29.9 Å². The number of pyridine rings is 4. The van der Waals surface area contributed by atoms with Crippen LogP contribution in [0.2, 0.25) is 0 Å². The van der Waals surface area contributed by atoms with Crippen LogP contribution >= 0.6 is 0 Å². The second-order valence-electron chi connectivity index (χ2n) is 21.3. The first kappa shape index (κ1) is 55.6. The zero-order valence-corrected chi connectivity index (χ0v) is 47.2. The predicted octanol–water partition coefficient (Wildman–Crippen LogP) is 13.9. The molecular weight excluding hydrogens is 985 g/mol. The predicted molar refractivity (Wildman–Crippen MR) is 324 cm³/mol. The Balaban J connectivity index is 0.000000111. The fourth-order valence-electron chi connectivity index (χ4n) is 10.2. The molecular formula is C68H68N12. The minimum Gasteiger partial charge on any atom is -0.264 e. The first-order chi connectivity index (χ1) is 38.9. The van der Waals surface area contributed by atoms with Crippen molar-refractivity contribution in [3.63, 3.8) is 0 Å². The maximum absolute atomic E-state index is 4.26. The lowest BCUT2D eigenvalue weighted by atomic mass is 10.2. The monoisotopic (exact) mass is 1050 g/mol. The second kappa shape index (κ2) is 26.9. The molecule has 0 atom stereocenters. The van der Waals surface area contributed by atoms with E-state index < -0.39 is 0 Å². The largest absolute Gasteiger partial charge is 0.264 e. The van der Waals surface area contributed by atoms with Crippen molar-refractivity contribution in [1.82, 2.24) is 60.0 Å². The van der Waals surface area contributed by atoms with Crippen LogP contribution in [0.25, 0.3) is 48.6 Å². The SMILES string of the molecule is CC1=Cc2cccnc2C1.CC1=Cc2ccncc2C1.CC1=Cc2cnccc2C1.CC1=Cc2cncnc2C1.CC1=Cc2cnncc2C1.CC1=Cc2ncccc2C1.CC1=Cc2nccnc2C1.CC1=Cc2ncncc2C1. The van der Waals surface area contributed by atoms with E-state index in [1.165, 1.54) is 106 Å². The number of rotatable bonds is 0. The third kappa shape index (κ3) is 15.5. The quantitative estimate of drug-likeness (QED) is 0.142. The fraction of sp³-hybridized carbons (Fsp3) is 0.235. The molecule has 0 amide bonds. The van der Waals surface area contributed by atoms with Gasteiger partial charge in [-0.05, 0) is 174 Å². The molecule has 0 N–H and O–H groups in total. The Kier molecular flexibility index (Phi) is 18.7. The van der Waals surface area contributed by atoms with E-state index >= 15 is 0 Å². The summed E-state index contributed by atoms with van der Waals surface area (Å²) >= 11 is 0. The van der Waals surface area contributed by atoms with E-state index in [1.807, 2.05) is 74.1 Å². The molecule has 0 bridgehead atoms. The standard InChI is InChI=1S/4C9H9N.4C8H8N2/c2*1-7-4-8-2-3-10-6-9(8)5-7;2*1-7-5-8-3-2-4-10-9(8)6-7;2*1-6-2-7-4-9-5-10-8(7)3-6;1-6-2-7-4-9-10-5-8(7)3-6;1-6-4-7-8(5-6)10-3-2-9-7/h2-3,5-6H,4H2,1H3;2*2-4,6H,5H2,1H3;2-5H,6H2,1H3;3-5H,2H2,1H3;2*2,4-5H,3H2,1H3;2-4H,5H2,1H3. The molecule has 400 valence electrons. The highest BCUT2D eigenvalue weighted by molar-refractivity contribution is 5.65. The highest BCUT2D eigenvalue weighted by Crippen LogP contribution is 2.27. The van der Waals surface area contributed by atoms with Gasteiger partial charge in [-0.25, -0.2) is 19.9 Å². The Morgan fingerprint density at radius 1 is 0.263 bits per heavy atom. The summed E-state index contributed by atoms with van der Waals surface area (Å²) in [5.74, 6) is 0. The fourth-order valence-corrected chi connectivity index (χ4v) is 10.2. The number of allylic oxidation sites excluding steroid dienone is 8. The minimum absolute atomic E-state index is 0.975. The molecule has 0 spiro atoms. The van der Waals surface area contributed by atoms with Crippen LogP contribution in [0.4, 0.5) is 0 Å². The van der Waals surface area contributed by atoms with Crippen molar-refractivity contribution in [3.05, 3.63) is 258 Å². The van der Waals surface area contributed by atoms with Crippen molar-refractivity contribution in [2.75, 3.05) is 0 Å². The van der Waals surface area contributed by atoms with Gasteiger partial charge in [-0.1, -0.05) is 87.1 Å². The van der Waals surface area contributed by atoms with Gasteiger partial charge in [-0.2, -0.15) is 10.2 Å². The van der Waals surface area contributed by atoms with Crippen molar-refractivity contribution < 1.29 is 0 Å². The smallest absolute Gasteiger partial charge is 0.116 e. The third-order valence-corrected chi connectivity index (χ3v) is 13.9. The summed E-state index contributed by atoms with van der Waals surface area (Å²) in [7, 11) is 0. The van der Waals surface area contributed by atoms with Crippen LogP contribution in [0.5, 0.6) is 0 Å². The summed E-state index contributed by atoms with van der Waals surface area (Å²) in [4.78, 5) is 41.1. The maximum atomic E-state index is 4.26. The van der Waals surface area contributed by atoms with Crippen molar-refractivity contribution >= 4 is 48.6 Å². The molecule has 0 fully saturated rings. The molecule has 8 aromatic rings. The molecule has 12 nitrogen and oxygen atoms in total. The van der Waals surface area contributed by atoms with Gasteiger partial charge in [0.1, 0.15) is 12.7 Å². The Labute approximate surface area is 471 Å². The number of hydrogen-bond donors (Lipinski definition) is 0. The van der Waals surface area contributed by atoms with Crippen LogP contribution in [0.1, 0.15) is 145 Å². The molecule has 8 heterocycles. The number of nitrogens with zero attached hydrogens (tertiary/aromatic N) is 12. The zero-order valence-electron chi connectivity index (χ0n) is 47.2. The van der Waals surface area contributed by atoms with Crippen molar-refractivity contribution in [2.24, 2.45) is 0 Å². The highest BCUT2D eigenvalue weighted by atomic mass is 15.1. The van der Waals surface area contributed by atoms with Crippen molar-refractivity contribution in [1.29, 1.82) is 0 Å². The lowest BCUT2D eigenvalue weighted by molar-refractivity contribution is 0.997. The summed E-state index contributed by atoms with van der Waals surface area (Å²) in [6.07, 6.45) is 50.9. The van der Waals surface area contributed by atoms with E-state index in [4.69, 9.17) is 0 Å². The summed E-state index contributed by atoms with van der Waals surface area (Å²) < 4.78 is 0. The van der Waals surface area contributed by atoms with E-state index in [2.05, 4.69) is 188 Å². The average Bonchev–Trinajstić information content (AvgIpc) is 4.34. The van der Waals surface area contributed by atoms with Crippen LogP contribution in [0, 0.1) is 0 Å². The Hall–Kier alpha value is -9.16. The molecule has 0 aliphatic heterocycles. The van der Waals surface area contributed by atoms with Crippen molar-refractivity contribution in [2.45, 2.75) is 107 Å². The molecule has 0 unspecified atom stereocenters. The van der Waals surface area contributed by atoms with Crippen LogP contribution in [0.3, 0.4) is 0 Å². The number of hydrogen-bond acceptors (Lipinski definition) is 12. The number of fused-ring (bicyclic) bond motifs is 8. The van der Waals surface area contributed by atoms with Gasteiger partial charge < -0.3 is 0 Å². The Bertz CT molecular complexity index is 3040. The van der Waals surface area contributed by atoms with Gasteiger partial charge in [-0.15, -0.1) is 0 Å². The van der Waals surface area contributed by atoms with Gasteiger partial charge in [0, 0.05) is 92.4 Å². The lowest BCUT2D eigenvalue weighted by Gasteiger charge is -1.93. The molecule has 8 aliphatic carbocycles. The first-order valence-electron chi connectivity index (χ1n) is 27.2. The van der Waals surface area contributed by atoms with E-state index in [-0.39, 0.29) is 0 Å². The molecule has 0 radical (unpaired) electrons. The van der Waals surface area contributed by atoms with Crippen LogP contribution in [0.15, 0.2) is 168 Å². The van der Waals surface area contributed by atoms with Gasteiger partial charge in [0.05, 0.1) is 46.6 Å². The molecule has 12 heteroatoms. The van der Waals surface area contributed by atoms with Gasteiger partial charge in [0.25, 0.3) is 0 Å². The van der Waals surface area contributed by atoms with Gasteiger partial charge in [0.2, 0.25) is 0 Å².